The summed E-state index contributed by atoms with van der Waals surface area (Å²) in [5.74, 6) is 0.359. The monoisotopic (exact) mass is 208 g/mol. The zero-order valence-corrected chi connectivity index (χ0v) is 9.62. The van der Waals surface area contributed by atoms with Crippen molar-refractivity contribution in [3.8, 4) is 0 Å². The Balaban J connectivity index is 1.61. The molecule has 3 aliphatic rings. The highest BCUT2D eigenvalue weighted by atomic mass is 16.2. The molecule has 0 spiro atoms. The molecule has 3 fully saturated rings. The molecule has 2 unspecified atom stereocenters. The summed E-state index contributed by atoms with van der Waals surface area (Å²) in [4.78, 5) is 14.2. The van der Waals surface area contributed by atoms with Crippen molar-refractivity contribution < 1.29 is 4.79 Å². The number of amides is 1. The maximum atomic E-state index is 12.1. The fourth-order valence-corrected chi connectivity index (χ4v) is 2.67. The third-order valence-electron chi connectivity index (χ3n) is 4.09. The minimum atomic E-state index is 0.133. The van der Waals surface area contributed by atoms with E-state index in [2.05, 4.69) is 24.1 Å². The number of likely N-dealkylation sites (tertiary alicyclic amines) is 1. The van der Waals surface area contributed by atoms with Crippen LogP contribution in [0.15, 0.2) is 0 Å². The van der Waals surface area contributed by atoms with Crippen LogP contribution < -0.4 is 5.32 Å². The highest BCUT2D eigenvalue weighted by Crippen LogP contribution is 2.49. The summed E-state index contributed by atoms with van der Waals surface area (Å²) in [7, 11) is 0. The summed E-state index contributed by atoms with van der Waals surface area (Å²) in [6.45, 7) is 5.48. The third-order valence-corrected chi connectivity index (χ3v) is 4.09. The summed E-state index contributed by atoms with van der Waals surface area (Å²) in [6.07, 6.45) is 4.73. The van der Waals surface area contributed by atoms with E-state index >= 15 is 0 Å². The van der Waals surface area contributed by atoms with Gasteiger partial charge in [0, 0.05) is 18.6 Å². The molecule has 0 aromatic rings. The summed E-state index contributed by atoms with van der Waals surface area (Å²) >= 11 is 0. The van der Waals surface area contributed by atoms with Gasteiger partial charge in [-0.1, -0.05) is 13.8 Å². The van der Waals surface area contributed by atoms with Crippen molar-refractivity contribution in [3.05, 3.63) is 0 Å². The first-order valence-electron chi connectivity index (χ1n) is 6.14. The van der Waals surface area contributed by atoms with Crippen LogP contribution in [-0.4, -0.2) is 35.5 Å². The van der Waals surface area contributed by atoms with Crippen LogP contribution in [-0.2, 0) is 4.79 Å². The molecule has 3 rings (SSSR count). The van der Waals surface area contributed by atoms with Crippen LogP contribution in [0.25, 0.3) is 0 Å². The Hall–Kier alpha value is -0.570. The van der Waals surface area contributed by atoms with E-state index in [-0.39, 0.29) is 6.04 Å². The number of carbonyl (C=O) groups is 1. The molecule has 2 aliphatic carbocycles. The predicted molar refractivity (Wildman–Crippen MR) is 58.5 cm³/mol. The molecular weight excluding hydrogens is 188 g/mol. The van der Waals surface area contributed by atoms with Gasteiger partial charge in [0.05, 0.1) is 6.04 Å². The van der Waals surface area contributed by atoms with Gasteiger partial charge in [0.2, 0.25) is 5.91 Å². The number of nitrogens with one attached hydrogen (secondary N) is 1. The lowest BCUT2D eigenvalue weighted by molar-refractivity contribution is -0.130. The fraction of sp³-hybridized carbons (Fsp3) is 0.917. The topological polar surface area (TPSA) is 32.3 Å². The Morgan fingerprint density at radius 2 is 2.00 bits per heavy atom. The van der Waals surface area contributed by atoms with Crippen LogP contribution in [0.2, 0.25) is 0 Å². The molecule has 3 heteroatoms. The number of carbonyl (C=O) groups excluding carboxylic acids is 1. The first-order chi connectivity index (χ1) is 7.08. The second-order valence-corrected chi connectivity index (χ2v) is 6.02. The number of nitrogens with zero attached hydrogens (tertiary/aromatic N) is 1. The van der Waals surface area contributed by atoms with Crippen molar-refractivity contribution in [2.75, 3.05) is 6.54 Å². The first kappa shape index (κ1) is 9.64. The second-order valence-electron chi connectivity index (χ2n) is 6.02. The van der Waals surface area contributed by atoms with Gasteiger partial charge < -0.3 is 10.2 Å². The maximum absolute atomic E-state index is 12.1. The van der Waals surface area contributed by atoms with Gasteiger partial charge in [-0.15, -0.1) is 0 Å². The lowest BCUT2D eigenvalue weighted by Crippen LogP contribution is -2.40. The molecule has 84 valence electrons. The van der Waals surface area contributed by atoms with E-state index in [4.69, 9.17) is 0 Å². The van der Waals surface area contributed by atoms with Gasteiger partial charge in [0.25, 0.3) is 0 Å². The molecule has 1 heterocycles. The SMILES string of the molecule is CC1(C)CC1N1CCC(NC2CC2)C1=O. The molecule has 1 N–H and O–H groups in total. The van der Waals surface area contributed by atoms with E-state index < -0.39 is 0 Å². The molecule has 1 saturated heterocycles. The van der Waals surface area contributed by atoms with Gasteiger partial charge in [-0.25, -0.2) is 0 Å². The van der Waals surface area contributed by atoms with E-state index in [1.807, 2.05) is 0 Å². The van der Waals surface area contributed by atoms with E-state index in [0.29, 0.717) is 23.4 Å². The number of hydrogen-bond donors (Lipinski definition) is 1. The van der Waals surface area contributed by atoms with Crippen LogP contribution in [0, 0.1) is 5.41 Å². The van der Waals surface area contributed by atoms with Crippen LogP contribution in [0.1, 0.15) is 39.5 Å². The predicted octanol–water partition coefficient (Wildman–Crippen LogP) is 1.14. The molecule has 0 aromatic carbocycles. The molecule has 0 bridgehead atoms. The van der Waals surface area contributed by atoms with Gasteiger partial charge in [0.15, 0.2) is 0 Å². The highest BCUT2D eigenvalue weighted by molar-refractivity contribution is 5.84. The molecule has 2 atom stereocenters. The zero-order valence-electron chi connectivity index (χ0n) is 9.62. The Labute approximate surface area is 91.2 Å². The smallest absolute Gasteiger partial charge is 0.240 e. The molecule has 3 nitrogen and oxygen atoms in total. The normalized spacial score (nSPS) is 38.5. The van der Waals surface area contributed by atoms with Crippen molar-refractivity contribution in [2.24, 2.45) is 5.41 Å². The van der Waals surface area contributed by atoms with Crippen LogP contribution in [0.5, 0.6) is 0 Å². The minimum absolute atomic E-state index is 0.133. The van der Waals surface area contributed by atoms with Crippen molar-refractivity contribution in [2.45, 2.75) is 57.7 Å². The van der Waals surface area contributed by atoms with Gasteiger partial charge >= 0.3 is 0 Å². The van der Waals surface area contributed by atoms with Crippen molar-refractivity contribution in [3.63, 3.8) is 0 Å². The van der Waals surface area contributed by atoms with E-state index in [1.54, 1.807) is 0 Å². The highest BCUT2D eigenvalue weighted by Gasteiger charge is 2.53. The molecular formula is C12H20N2O. The van der Waals surface area contributed by atoms with Gasteiger partial charge in [-0.05, 0) is 31.1 Å². The van der Waals surface area contributed by atoms with E-state index in [0.717, 1.165) is 13.0 Å². The summed E-state index contributed by atoms with van der Waals surface area (Å²) in [5.41, 5.74) is 0.379. The lowest BCUT2D eigenvalue weighted by Gasteiger charge is -2.18. The van der Waals surface area contributed by atoms with Crippen LogP contribution in [0.4, 0.5) is 0 Å². The maximum Gasteiger partial charge on any atom is 0.240 e. The molecule has 0 radical (unpaired) electrons. The van der Waals surface area contributed by atoms with Crippen molar-refractivity contribution in [1.29, 1.82) is 0 Å². The van der Waals surface area contributed by atoms with Gasteiger partial charge in [-0.3, -0.25) is 4.79 Å². The Morgan fingerprint density at radius 1 is 1.33 bits per heavy atom. The quantitative estimate of drug-likeness (QED) is 0.754. The van der Waals surface area contributed by atoms with Crippen LogP contribution in [0.3, 0.4) is 0 Å². The minimum Gasteiger partial charge on any atom is -0.338 e. The lowest BCUT2D eigenvalue weighted by atomic mass is 10.2. The Kier molecular flexibility index (Phi) is 1.91. The largest absolute Gasteiger partial charge is 0.338 e. The first-order valence-corrected chi connectivity index (χ1v) is 6.14. The van der Waals surface area contributed by atoms with Gasteiger partial charge in [0.1, 0.15) is 0 Å². The van der Waals surface area contributed by atoms with E-state index in [1.165, 1.54) is 19.3 Å². The standard InChI is InChI=1S/C12H20N2O/c1-12(2)7-10(12)14-6-5-9(11(14)15)13-8-3-4-8/h8-10,13H,3-7H2,1-2H3. The zero-order chi connectivity index (χ0) is 10.6. The third kappa shape index (κ3) is 1.67. The average molecular weight is 208 g/mol. The molecule has 15 heavy (non-hydrogen) atoms. The van der Waals surface area contributed by atoms with Crippen molar-refractivity contribution in [1.82, 2.24) is 10.2 Å². The van der Waals surface area contributed by atoms with Crippen molar-refractivity contribution >= 4 is 5.91 Å². The summed E-state index contributed by atoms with van der Waals surface area (Å²) in [5, 5.41) is 3.45. The molecule has 1 amide bonds. The Bertz CT molecular complexity index is 296. The molecule has 0 aromatic heterocycles. The van der Waals surface area contributed by atoms with Gasteiger partial charge in [-0.2, -0.15) is 0 Å². The Morgan fingerprint density at radius 3 is 2.53 bits per heavy atom. The average Bonchev–Trinajstić information content (AvgIpc) is 3.02. The fourth-order valence-electron chi connectivity index (χ4n) is 2.67. The van der Waals surface area contributed by atoms with Crippen LogP contribution >= 0.6 is 0 Å². The number of hydrogen-bond acceptors (Lipinski definition) is 2. The summed E-state index contributed by atoms with van der Waals surface area (Å²) in [6, 6.07) is 1.30. The molecule has 2 saturated carbocycles. The van der Waals surface area contributed by atoms with E-state index in [9.17, 15) is 4.79 Å². The molecule has 1 aliphatic heterocycles. The second kappa shape index (κ2) is 2.97. The summed E-state index contributed by atoms with van der Waals surface area (Å²) < 4.78 is 0. The number of rotatable bonds is 3.